The zero-order valence-corrected chi connectivity index (χ0v) is 11.4. The molecule has 0 aliphatic rings. The lowest BCUT2D eigenvalue weighted by Gasteiger charge is -2.18. The van der Waals surface area contributed by atoms with Crippen LogP contribution in [0.1, 0.15) is 38.3 Å². The van der Waals surface area contributed by atoms with Gasteiger partial charge >= 0.3 is 0 Å². The van der Waals surface area contributed by atoms with Crippen LogP contribution in [-0.2, 0) is 0 Å². The first-order valence-corrected chi connectivity index (χ1v) is 6.58. The van der Waals surface area contributed by atoms with E-state index in [1.54, 1.807) is 12.4 Å². The third-order valence-corrected chi connectivity index (χ3v) is 3.28. The van der Waals surface area contributed by atoms with Crippen molar-refractivity contribution in [3.05, 3.63) is 36.2 Å². The van der Waals surface area contributed by atoms with E-state index >= 15 is 0 Å². The molecule has 0 bridgehead atoms. The van der Waals surface area contributed by atoms with Gasteiger partial charge in [0.2, 0.25) is 0 Å². The van der Waals surface area contributed by atoms with Crippen molar-refractivity contribution in [3.8, 4) is 0 Å². The predicted octanol–water partition coefficient (Wildman–Crippen LogP) is 3.33. The van der Waals surface area contributed by atoms with Crippen LogP contribution < -0.4 is 5.32 Å². The molecule has 96 valence electrons. The van der Waals surface area contributed by atoms with Crippen molar-refractivity contribution in [1.29, 1.82) is 0 Å². The van der Waals surface area contributed by atoms with Gasteiger partial charge in [-0.25, -0.2) is 0 Å². The van der Waals surface area contributed by atoms with Gasteiger partial charge < -0.3 is 5.32 Å². The zero-order chi connectivity index (χ0) is 13.0. The SMILES string of the molecule is CNC(CCC(C)C)c1ccc2nccnc2c1. The Bertz CT molecular complexity index is 508. The average Bonchev–Trinajstić information content (AvgIpc) is 2.39. The molecule has 0 radical (unpaired) electrons. The molecule has 0 aliphatic heterocycles. The molecular weight excluding hydrogens is 222 g/mol. The Balaban J connectivity index is 2.22. The molecule has 1 unspecified atom stereocenters. The Morgan fingerprint density at radius 3 is 2.44 bits per heavy atom. The highest BCUT2D eigenvalue weighted by Crippen LogP contribution is 2.22. The molecule has 1 heterocycles. The molecule has 18 heavy (non-hydrogen) atoms. The normalized spacial score (nSPS) is 13.1. The third-order valence-electron chi connectivity index (χ3n) is 3.28. The maximum absolute atomic E-state index is 4.36. The Labute approximate surface area is 109 Å². The van der Waals surface area contributed by atoms with E-state index < -0.39 is 0 Å². The molecule has 1 atom stereocenters. The van der Waals surface area contributed by atoms with Crippen LogP contribution in [0.5, 0.6) is 0 Å². The van der Waals surface area contributed by atoms with Gasteiger partial charge in [0, 0.05) is 18.4 Å². The minimum absolute atomic E-state index is 0.402. The Morgan fingerprint density at radius 1 is 1.06 bits per heavy atom. The standard InChI is InChI=1S/C15H21N3/c1-11(2)4-6-13(16-3)12-5-7-14-15(10-12)18-9-8-17-14/h5,7-11,13,16H,4,6H2,1-3H3. The molecular formula is C15H21N3. The molecule has 1 aromatic heterocycles. The lowest BCUT2D eigenvalue weighted by atomic mass is 9.97. The van der Waals surface area contributed by atoms with Crippen LogP contribution in [0.4, 0.5) is 0 Å². The molecule has 1 N–H and O–H groups in total. The van der Waals surface area contributed by atoms with E-state index in [1.165, 1.54) is 12.0 Å². The molecule has 2 rings (SSSR count). The summed E-state index contributed by atoms with van der Waals surface area (Å²) in [5.41, 5.74) is 3.23. The molecule has 1 aromatic carbocycles. The van der Waals surface area contributed by atoms with Crippen molar-refractivity contribution in [2.45, 2.75) is 32.7 Å². The molecule has 0 aliphatic carbocycles. The Kier molecular flexibility index (Phi) is 4.26. The first kappa shape index (κ1) is 13.0. The monoisotopic (exact) mass is 243 g/mol. The Hall–Kier alpha value is -1.48. The zero-order valence-electron chi connectivity index (χ0n) is 11.4. The van der Waals surface area contributed by atoms with Gasteiger partial charge in [0.05, 0.1) is 11.0 Å². The maximum Gasteiger partial charge on any atom is 0.0890 e. The molecule has 0 saturated heterocycles. The van der Waals surface area contributed by atoms with Gasteiger partial charge in [0.25, 0.3) is 0 Å². The second kappa shape index (κ2) is 5.91. The molecule has 0 spiro atoms. The molecule has 3 nitrogen and oxygen atoms in total. The van der Waals surface area contributed by atoms with Crippen LogP contribution in [0.25, 0.3) is 11.0 Å². The van der Waals surface area contributed by atoms with Crippen LogP contribution in [0.2, 0.25) is 0 Å². The number of fused-ring (bicyclic) bond motifs is 1. The molecule has 0 fully saturated rings. The van der Waals surface area contributed by atoms with Gasteiger partial charge in [-0.3, -0.25) is 9.97 Å². The fourth-order valence-electron chi connectivity index (χ4n) is 2.17. The maximum atomic E-state index is 4.36. The van der Waals surface area contributed by atoms with Crippen LogP contribution in [-0.4, -0.2) is 17.0 Å². The highest BCUT2D eigenvalue weighted by Gasteiger charge is 2.10. The topological polar surface area (TPSA) is 37.8 Å². The summed E-state index contributed by atoms with van der Waals surface area (Å²) in [7, 11) is 2.02. The predicted molar refractivity (Wildman–Crippen MR) is 75.4 cm³/mol. The minimum Gasteiger partial charge on any atom is -0.313 e. The van der Waals surface area contributed by atoms with E-state index in [0.29, 0.717) is 6.04 Å². The number of benzene rings is 1. The number of aromatic nitrogens is 2. The van der Waals surface area contributed by atoms with Crippen molar-refractivity contribution in [2.75, 3.05) is 7.05 Å². The summed E-state index contributed by atoms with van der Waals surface area (Å²) in [5, 5.41) is 3.39. The average molecular weight is 243 g/mol. The lowest BCUT2D eigenvalue weighted by molar-refractivity contribution is 0.465. The summed E-state index contributed by atoms with van der Waals surface area (Å²) >= 11 is 0. The Morgan fingerprint density at radius 2 is 1.78 bits per heavy atom. The summed E-state index contributed by atoms with van der Waals surface area (Å²) in [5.74, 6) is 0.737. The minimum atomic E-state index is 0.402. The summed E-state index contributed by atoms with van der Waals surface area (Å²) in [6.45, 7) is 4.52. The second-order valence-corrected chi connectivity index (χ2v) is 5.12. The van der Waals surface area contributed by atoms with Crippen LogP contribution >= 0.6 is 0 Å². The van der Waals surface area contributed by atoms with Crippen molar-refractivity contribution >= 4 is 11.0 Å². The smallest absolute Gasteiger partial charge is 0.0890 e. The van der Waals surface area contributed by atoms with E-state index in [1.807, 2.05) is 7.05 Å². The molecule has 0 saturated carbocycles. The number of hydrogen-bond donors (Lipinski definition) is 1. The fraction of sp³-hybridized carbons (Fsp3) is 0.467. The third kappa shape index (κ3) is 3.05. The van der Waals surface area contributed by atoms with Crippen LogP contribution in [0.15, 0.2) is 30.6 Å². The summed E-state index contributed by atoms with van der Waals surface area (Å²) in [4.78, 5) is 8.66. The number of nitrogens with one attached hydrogen (secondary N) is 1. The summed E-state index contributed by atoms with van der Waals surface area (Å²) in [6, 6.07) is 6.75. The van der Waals surface area contributed by atoms with E-state index in [4.69, 9.17) is 0 Å². The van der Waals surface area contributed by atoms with Crippen molar-refractivity contribution in [1.82, 2.24) is 15.3 Å². The quantitative estimate of drug-likeness (QED) is 0.875. The van der Waals surface area contributed by atoms with Crippen molar-refractivity contribution < 1.29 is 0 Å². The van der Waals surface area contributed by atoms with E-state index in [0.717, 1.165) is 23.4 Å². The van der Waals surface area contributed by atoms with Gasteiger partial charge in [-0.1, -0.05) is 19.9 Å². The molecule has 3 heteroatoms. The number of rotatable bonds is 5. The second-order valence-electron chi connectivity index (χ2n) is 5.12. The van der Waals surface area contributed by atoms with E-state index in [2.05, 4.69) is 47.3 Å². The summed E-state index contributed by atoms with van der Waals surface area (Å²) in [6.07, 6.45) is 5.86. The fourth-order valence-corrected chi connectivity index (χ4v) is 2.17. The number of nitrogens with zero attached hydrogens (tertiary/aromatic N) is 2. The van der Waals surface area contributed by atoms with Gasteiger partial charge in [0.1, 0.15) is 0 Å². The highest BCUT2D eigenvalue weighted by atomic mass is 14.9. The van der Waals surface area contributed by atoms with E-state index in [9.17, 15) is 0 Å². The van der Waals surface area contributed by atoms with E-state index in [-0.39, 0.29) is 0 Å². The molecule has 2 aromatic rings. The largest absolute Gasteiger partial charge is 0.313 e. The van der Waals surface area contributed by atoms with Crippen molar-refractivity contribution in [2.24, 2.45) is 5.92 Å². The first-order valence-electron chi connectivity index (χ1n) is 6.58. The highest BCUT2D eigenvalue weighted by molar-refractivity contribution is 5.74. The number of hydrogen-bond acceptors (Lipinski definition) is 3. The van der Waals surface area contributed by atoms with Gasteiger partial charge in [-0.05, 0) is 43.5 Å². The lowest BCUT2D eigenvalue weighted by Crippen LogP contribution is -2.17. The van der Waals surface area contributed by atoms with Crippen molar-refractivity contribution in [3.63, 3.8) is 0 Å². The van der Waals surface area contributed by atoms with Gasteiger partial charge in [-0.2, -0.15) is 0 Å². The van der Waals surface area contributed by atoms with Crippen LogP contribution in [0, 0.1) is 5.92 Å². The van der Waals surface area contributed by atoms with Gasteiger partial charge in [-0.15, -0.1) is 0 Å². The summed E-state index contributed by atoms with van der Waals surface area (Å²) < 4.78 is 0. The molecule has 0 amide bonds. The van der Waals surface area contributed by atoms with Gasteiger partial charge in [0.15, 0.2) is 0 Å². The first-order chi connectivity index (χ1) is 8.70. The van der Waals surface area contributed by atoms with Crippen LogP contribution in [0.3, 0.4) is 0 Å².